The van der Waals surface area contributed by atoms with Crippen molar-refractivity contribution in [2.75, 3.05) is 13.2 Å². The molecular weight excluding hydrogens is 156 g/mol. The van der Waals surface area contributed by atoms with Gasteiger partial charge in [0.15, 0.2) is 5.79 Å². The first kappa shape index (κ1) is 8.23. The SMILES string of the molecule is O[C@@H]1C=CCOC12CCCCO2. The zero-order chi connectivity index (χ0) is 8.44. The molecule has 0 aromatic rings. The highest BCUT2D eigenvalue weighted by Crippen LogP contribution is 2.32. The Morgan fingerprint density at radius 3 is 2.92 bits per heavy atom. The molecule has 0 aromatic carbocycles. The summed E-state index contributed by atoms with van der Waals surface area (Å²) in [5.41, 5.74) is 0. The molecule has 2 aliphatic heterocycles. The summed E-state index contributed by atoms with van der Waals surface area (Å²) in [6, 6.07) is 0. The van der Waals surface area contributed by atoms with Crippen LogP contribution >= 0.6 is 0 Å². The van der Waals surface area contributed by atoms with Gasteiger partial charge in [-0.05, 0) is 12.8 Å². The largest absolute Gasteiger partial charge is 0.383 e. The van der Waals surface area contributed by atoms with Gasteiger partial charge in [-0.25, -0.2) is 0 Å². The lowest BCUT2D eigenvalue weighted by Crippen LogP contribution is -2.50. The zero-order valence-electron chi connectivity index (χ0n) is 7.03. The van der Waals surface area contributed by atoms with E-state index in [0.717, 1.165) is 19.3 Å². The van der Waals surface area contributed by atoms with Crippen molar-refractivity contribution in [2.45, 2.75) is 31.2 Å². The standard InChI is InChI=1S/C9H14O3/c10-8-4-3-7-12-9(8)5-1-2-6-11-9/h3-4,8,10H,1-2,5-7H2/t8-,9?/m1/s1. The lowest BCUT2D eigenvalue weighted by Gasteiger charge is -2.40. The Morgan fingerprint density at radius 2 is 2.25 bits per heavy atom. The van der Waals surface area contributed by atoms with Gasteiger partial charge in [0.25, 0.3) is 0 Å². The molecule has 0 saturated carbocycles. The van der Waals surface area contributed by atoms with Gasteiger partial charge in [0.1, 0.15) is 6.10 Å². The number of hydrogen-bond acceptors (Lipinski definition) is 3. The summed E-state index contributed by atoms with van der Waals surface area (Å²) in [6.45, 7) is 1.25. The van der Waals surface area contributed by atoms with Gasteiger partial charge in [0, 0.05) is 6.42 Å². The fourth-order valence-electron chi connectivity index (χ4n) is 1.74. The molecular formula is C9H14O3. The van der Waals surface area contributed by atoms with Crippen LogP contribution in [0.25, 0.3) is 0 Å². The van der Waals surface area contributed by atoms with Gasteiger partial charge >= 0.3 is 0 Å². The molecule has 2 atom stereocenters. The Labute approximate surface area is 72.0 Å². The van der Waals surface area contributed by atoms with E-state index in [2.05, 4.69) is 0 Å². The summed E-state index contributed by atoms with van der Waals surface area (Å²) in [5.74, 6) is -0.715. The van der Waals surface area contributed by atoms with Crippen LogP contribution in [-0.2, 0) is 9.47 Å². The second-order valence-corrected chi connectivity index (χ2v) is 3.30. The minimum atomic E-state index is -0.715. The van der Waals surface area contributed by atoms with Crippen molar-refractivity contribution in [3.8, 4) is 0 Å². The summed E-state index contributed by atoms with van der Waals surface area (Å²) in [5, 5.41) is 9.65. The third-order valence-corrected chi connectivity index (χ3v) is 2.46. The summed E-state index contributed by atoms with van der Waals surface area (Å²) < 4.78 is 11.0. The van der Waals surface area contributed by atoms with Crippen LogP contribution in [0.4, 0.5) is 0 Å². The number of ether oxygens (including phenoxy) is 2. The second kappa shape index (κ2) is 3.17. The van der Waals surface area contributed by atoms with E-state index in [-0.39, 0.29) is 0 Å². The predicted molar refractivity (Wildman–Crippen MR) is 43.6 cm³/mol. The van der Waals surface area contributed by atoms with Crippen molar-refractivity contribution in [2.24, 2.45) is 0 Å². The summed E-state index contributed by atoms with van der Waals surface area (Å²) >= 11 is 0. The molecule has 0 aliphatic carbocycles. The first-order chi connectivity index (χ1) is 5.83. The summed E-state index contributed by atoms with van der Waals surface area (Å²) in [4.78, 5) is 0. The maximum Gasteiger partial charge on any atom is 0.198 e. The molecule has 1 N–H and O–H groups in total. The molecule has 1 spiro atoms. The molecule has 3 heteroatoms. The number of hydrogen-bond donors (Lipinski definition) is 1. The molecule has 68 valence electrons. The molecule has 0 radical (unpaired) electrons. The molecule has 1 saturated heterocycles. The van der Waals surface area contributed by atoms with Gasteiger partial charge < -0.3 is 14.6 Å². The lowest BCUT2D eigenvalue weighted by atomic mass is 9.98. The average molecular weight is 170 g/mol. The molecule has 1 unspecified atom stereocenters. The van der Waals surface area contributed by atoms with Gasteiger partial charge in [-0.15, -0.1) is 0 Å². The number of aliphatic hydroxyl groups excluding tert-OH is 1. The Balaban J connectivity index is 2.11. The van der Waals surface area contributed by atoms with E-state index in [1.165, 1.54) is 0 Å². The lowest BCUT2D eigenvalue weighted by molar-refractivity contribution is -0.289. The van der Waals surface area contributed by atoms with Crippen molar-refractivity contribution in [3.63, 3.8) is 0 Å². The molecule has 0 amide bonds. The fraction of sp³-hybridized carbons (Fsp3) is 0.778. The third-order valence-electron chi connectivity index (χ3n) is 2.46. The quantitative estimate of drug-likeness (QED) is 0.547. The van der Waals surface area contributed by atoms with Crippen LogP contribution in [0.2, 0.25) is 0 Å². The van der Waals surface area contributed by atoms with Gasteiger partial charge in [-0.1, -0.05) is 12.2 Å². The van der Waals surface area contributed by atoms with Crippen LogP contribution in [-0.4, -0.2) is 30.2 Å². The Kier molecular flexibility index (Phi) is 2.17. The first-order valence-electron chi connectivity index (χ1n) is 4.46. The molecule has 1 fully saturated rings. The van der Waals surface area contributed by atoms with E-state index in [1.54, 1.807) is 6.08 Å². The van der Waals surface area contributed by atoms with Crippen LogP contribution in [0.15, 0.2) is 12.2 Å². The Morgan fingerprint density at radius 1 is 1.33 bits per heavy atom. The van der Waals surface area contributed by atoms with E-state index in [4.69, 9.17) is 9.47 Å². The zero-order valence-corrected chi connectivity index (χ0v) is 7.03. The first-order valence-corrected chi connectivity index (χ1v) is 4.46. The average Bonchev–Trinajstić information content (AvgIpc) is 2.12. The minimum absolute atomic E-state index is 0.553. The van der Waals surface area contributed by atoms with E-state index in [9.17, 15) is 5.11 Å². The van der Waals surface area contributed by atoms with Gasteiger partial charge in [-0.2, -0.15) is 0 Å². The molecule has 12 heavy (non-hydrogen) atoms. The van der Waals surface area contributed by atoms with Gasteiger partial charge in [-0.3, -0.25) is 0 Å². The van der Waals surface area contributed by atoms with Crippen LogP contribution in [0.3, 0.4) is 0 Å². The highest BCUT2D eigenvalue weighted by atomic mass is 16.7. The minimum Gasteiger partial charge on any atom is -0.383 e. The van der Waals surface area contributed by atoms with Gasteiger partial charge in [0.2, 0.25) is 0 Å². The maximum atomic E-state index is 9.65. The third kappa shape index (κ3) is 1.28. The number of rotatable bonds is 0. The highest BCUT2D eigenvalue weighted by Gasteiger charge is 2.41. The van der Waals surface area contributed by atoms with E-state index < -0.39 is 11.9 Å². The molecule has 2 aliphatic rings. The van der Waals surface area contributed by atoms with Crippen LogP contribution < -0.4 is 0 Å². The van der Waals surface area contributed by atoms with Crippen LogP contribution in [0.5, 0.6) is 0 Å². The Bertz CT molecular complexity index is 182. The van der Waals surface area contributed by atoms with Crippen molar-refractivity contribution < 1.29 is 14.6 Å². The summed E-state index contributed by atoms with van der Waals surface area (Å²) in [6.07, 6.45) is 5.94. The van der Waals surface area contributed by atoms with E-state index >= 15 is 0 Å². The van der Waals surface area contributed by atoms with Crippen LogP contribution in [0, 0.1) is 0 Å². The van der Waals surface area contributed by atoms with Crippen molar-refractivity contribution in [3.05, 3.63) is 12.2 Å². The monoisotopic (exact) mass is 170 g/mol. The van der Waals surface area contributed by atoms with Crippen molar-refractivity contribution >= 4 is 0 Å². The van der Waals surface area contributed by atoms with E-state index in [1.807, 2.05) is 6.08 Å². The number of aliphatic hydroxyl groups is 1. The molecule has 2 rings (SSSR count). The Hall–Kier alpha value is -0.380. The summed E-state index contributed by atoms with van der Waals surface area (Å²) in [7, 11) is 0. The maximum absolute atomic E-state index is 9.65. The topological polar surface area (TPSA) is 38.7 Å². The molecule has 0 bridgehead atoms. The van der Waals surface area contributed by atoms with Crippen LogP contribution in [0.1, 0.15) is 19.3 Å². The molecule has 3 nitrogen and oxygen atoms in total. The van der Waals surface area contributed by atoms with E-state index in [0.29, 0.717) is 13.2 Å². The highest BCUT2D eigenvalue weighted by molar-refractivity contribution is 5.02. The van der Waals surface area contributed by atoms with Gasteiger partial charge in [0.05, 0.1) is 13.2 Å². The van der Waals surface area contributed by atoms with Crippen molar-refractivity contribution in [1.29, 1.82) is 0 Å². The second-order valence-electron chi connectivity index (χ2n) is 3.30. The molecule has 0 aromatic heterocycles. The van der Waals surface area contributed by atoms with Crippen molar-refractivity contribution in [1.82, 2.24) is 0 Å². The fourth-order valence-corrected chi connectivity index (χ4v) is 1.74. The molecule has 2 heterocycles. The normalized spacial score (nSPS) is 41.9. The predicted octanol–water partition coefficient (Wildman–Crippen LogP) is 0.831. The smallest absolute Gasteiger partial charge is 0.198 e.